The van der Waals surface area contributed by atoms with Crippen LogP contribution in [0.25, 0.3) is 49.7 Å². The van der Waals surface area contributed by atoms with E-state index in [1.165, 1.54) is 22.3 Å². The van der Waals surface area contributed by atoms with Crippen LogP contribution in [0, 0.1) is 0 Å². The van der Waals surface area contributed by atoms with Gasteiger partial charge >= 0.3 is 0 Å². The average molecular weight is 358 g/mol. The van der Waals surface area contributed by atoms with Crippen molar-refractivity contribution in [3.05, 3.63) is 84.2 Å². The summed E-state index contributed by atoms with van der Waals surface area (Å²) in [6.45, 7) is 0. The first-order chi connectivity index (χ1) is 13.9. The second-order valence-corrected chi connectivity index (χ2v) is 7.34. The summed E-state index contributed by atoms with van der Waals surface area (Å²) in [4.78, 5) is 14.5. The summed E-state index contributed by atoms with van der Waals surface area (Å²) in [7, 11) is 0. The van der Waals surface area contributed by atoms with E-state index in [1.54, 1.807) is 0 Å². The van der Waals surface area contributed by atoms with Crippen molar-refractivity contribution in [3.8, 4) is 11.1 Å². The molecule has 0 N–H and O–H groups in total. The molecule has 2 aromatic carbocycles. The summed E-state index contributed by atoms with van der Waals surface area (Å²) < 4.78 is 2.19. The third kappa shape index (κ3) is 1.63. The van der Waals surface area contributed by atoms with Crippen LogP contribution in [0.4, 0.5) is 0 Å². The second kappa shape index (κ2) is 4.93. The number of rotatable bonds is 0. The summed E-state index contributed by atoms with van der Waals surface area (Å²) in [6.07, 6.45) is 4.60. The van der Waals surface area contributed by atoms with Crippen molar-refractivity contribution in [2.24, 2.45) is 0 Å². The van der Waals surface area contributed by atoms with Crippen molar-refractivity contribution in [2.45, 2.75) is 6.42 Å². The first kappa shape index (κ1) is 14.3. The molecule has 0 spiro atoms. The lowest BCUT2D eigenvalue weighted by Crippen LogP contribution is -1.94. The van der Waals surface area contributed by atoms with Crippen molar-refractivity contribution in [2.75, 3.05) is 0 Å². The quantitative estimate of drug-likeness (QED) is 0.352. The maximum Gasteiger partial charge on any atom is 0.149 e. The fourth-order valence-corrected chi connectivity index (χ4v) is 4.71. The van der Waals surface area contributed by atoms with Crippen LogP contribution in [0.3, 0.4) is 0 Å². The summed E-state index contributed by atoms with van der Waals surface area (Å²) in [5.74, 6) is 0. The van der Waals surface area contributed by atoms with E-state index in [0.29, 0.717) is 0 Å². The first-order valence-corrected chi connectivity index (χ1v) is 9.44. The number of aromatic nitrogens is 4. The van der Waals surface area contributed by atoms with Gasteiger partial charge in [-0.1, -0.05) is 30.3 Å². The van der Waals surface area contributed by atoms with Gasteiger partial charge in [-0.25, -0.2) is 9.97 Å². The number of hydrogen-bond donors (Lipinski definition) is 0. The molecule has 0 saturated heterocycles. The van der Waals surface area contributed by atoms with Gasteiger partial charge in [0, 0.05) is 29.6 Å². The van der Waals surface area contributed by atoms with Gasteiger partial charge in [0.1, 0.15) is 11.3 Å². The molecule has 6 aromatic rings. The molecule has 0 bridgehead atoms. The van der Waals surface area contributed by atoms with Crippen molar-refractivity contribution < 1.29 is 0 Å². The largest absolute Gasteiger partial charge is 0.276 e. The molecule has 4 heteroatoms. The van der Waals surface area contributed by atoms with Gasteiger partial charge < -0.3 is 0 Å². The molecular formula is C24H14N4. The van der Waals surface area contributed by atoms with E-state index in [1.807, 2.05) is 24.5 Å². The number of hydrogen-bond acceptors (Lipinski definition) is 3. The number of nitrogens with zero attached hydrogens (tertiary/aromatic N) is 4. The molecule has 0 saturated carbocycles. The molecule has 0 radical (unpaired) electrons. The van der Waals surface area contributed by atoms with E-state index < -0.39 is 0 Å². The van der Waals surface area contributed by atoms with E-state index in [9.17, 15) is 0 Å². The molecule has 4 heterocycles. The Morgan fingerprint density at radius 1 is 0.679 bits per heavy atom. The Balaban J connectivity index is 1.72. The fourth-order valence-electron chi connectivity index (χ4n) is 4.71. The van der Waals surface area contributed by atoms with Crippen LogP contribution in [0.2, 0.25) is 0 Å². The van der Waals surface area contributed by atoms with Crippen LogP contribution < -0.4 is 0 Å². The summed E-state index contributed by atoms with van der Waals surface area (Å²) >= 11 is 0. The van der Waals surface area contributed by atoms with Crippen molar-refractivity contribution >= 4 is 38.6 Å². The zero-order valence-corrected chi connectivity index (χ0v) is 14.9. The zero-order chi connectivity index (χ0) is 18.2. The van der Waals surface area contributed by atoms with E-state index in [2.05, 4.69) is 57.9 Å². The number of fused-ring (bicyclic) bond motifs is 12. The van der Waals surface area contributed by atoms with Crippen LogP contribution in [0.15, 0.2) is 73.1 Å². The van der Waals surface area contributed by atoms with Crippen LogP contribution in [-0.4, -0.2) is 19.4 Å². The third-order valence-electron chi connectivity index (χ3n) is 5.91. The molecule has 1 aliphatic carbocycles. The lowest BCUT2D eigenvalue weighted by molar-refractivity contribution is 1.23. The minimum atomic E-state index is 0.904. The maximum absolute atomic E-state index is 5.13. The smallest absolute Gasteiger partial charge is 0.149 e. The van der Waals surface area contributed by atoms with E-state index in [4.69, 9.17) is 9.97 Å². The molecule has 0 aliphatic heterocycles. The Bertz CT molecular complexity index is 1590. The van der Waals surface area contributed by atoms with E-state index in [0.717, 1.165) is 45.0 Å². The lowest BCUT2D eigenvalue weighted by Gasteiger charge is -2.07. The molecule has 28 heavy (non-hydrogen) atoms. The fraction of sp³-hybridized carbons (Fsp3) is 0.0417. The Kier molecular flexibility index (Phi) is 2.51. The summed E-state index contributed by atoms with van der Waals surface area (Å²) in [5.41, 5.74) is 10.3. The van der Waals surface area contributed by atoms with Gasteiger partial charge in [-0.3, -0.25) is 9.38 Å². The lowest BCUT2D eigenvalue weighted by atomic mass is 10.1. The molecule has 4 nitrogen and oxygen atoms in total. The Labute approximate surface area is 160 Å². The molecule has 0 atom stereocenters. The highest BCUT2D eigenvalue weighted by Crippen LogP contribution is 2.41. The Hall–Kier alpha value is -3.79. The minimum absolute atomic E-state index is 0.904. The van der Waals surface area contributed by atoms with E-state index >= 15 is 0 Å². The van der Waals surface area contributed by atoms with Crippen molar-refractivity contribution in [1.29, 1.82) is 0 Å². The van der Waals surface area contributed by atoms with E-state index in [-0.39, 0.29) is 0 Å². The average Bonchev–Trinajstić information content (AvgIpc) is 3.33. The van der Waals surface area contributed by atoms with Gasteiger partial charge in [0.25, 0.3) is 0 Å². The standard InChI is InChI=1S/C24H14N4/c1-2-6-15-14(5-1)13-19-16(15)9-10-20-22(19)27-24-18-8-3-11-25-21(18)17-7-4-12-26-23(17)28(20)24/h1-12H,13H2. The Morgan fingerprint density at radius 2 is 1.50 bits per heavy atom. The Morgan fingerprint density at radius 3 is 2.43 bits per heavy atom. The van der Waals surface area contributed by atoms with Gasteiger partial charge in [-0.05, 0) is 52.6 Å². The van der Waals surface area contributed by atoms with Crippen LogP contribution >= 0.6 is 0 Å². The molecule has 130 valence electrons. The van der Waals surface area contributed by atoms with Gasteiger partial charge in [0.15, 0.2) is 0 Å². The predicted molar refractivity (Wildman–Crippen MR) is 112 cm³/mol. The zero-order valence-electron chi connectivity index (χ0n) is 14.9. The van der Waals surface area contributed by atoms with Gasteiger partial charge in [-0.2, -0.15) is 0 Å². The molecule has 0 amide bonds. The predicted octanol–water partition coefficient (Wildman–Crippen LogP) is 5.16. The topological polar surface area (TPSA) is 43.1 Å². The number of pyridine rings is 3. The normalized spacial score (nSPS) is 12.9. The van der Waals surface area contributed by atoms with Crippen molar-refractivity contribution in [3.63, 3.8) is 0 Å². The minimum Gasteiger partial charge on any atom is -0.276 e. The maximum atomic E-state index is 5.13. The molecular weight excluding hydrogens is 344 g/mol. The van der Waals surface area contributed by atoms with Gasteiger partial charge in [0.2, 0.25) is 0 Å². The molecule has 0 unspecified atom stereocenters. The van der Waals surface area contributed by atoms with Gasteiger partial charge in [0.05, 0.1) is 16.6 Å². The SMILES string of the molecule is c1ccc2c(c1)Cc1c-2ccc2c1nc1c3cccnc3c3cccnc3n21. The highest BCUT2D eigenvalue weighted by Gasteiger charge is 2.23. The summed E-state index contributed by atoms with van der Waals surface area (Å²) in [5, 5.41) is 2.11. The molecule has 4 aromatic heterocycles. The first-order valence-electron chi connectivity index (χ1n) is 9.44. The molecule has 7 rings (SSSR count). The summed E-state index contributed by atoms with van der Waals surface area (Å²) in [6, 6.07) is 21.2. The number of imidazole rings is 1. The highest BCUT2D eigenvalue weighted by atomic mass is 15.1. The van der Waals surface area contributed by atoms with Crippen LogP contribution in [-0.2, 0) is 6.42 Å². The monoisotopic (exact) mass is 358 g/mol. The van der Waals surface area contributed by atoms with Crippen molar-refractivity contribution in [1.82, 2.24) is 19.4 Å². The third-order valence-corrected chi connectivity index (χ3v) is 5.91. The molecule has 0 fully saturated rings. The van der Waals surface area contributed by atoms with Gasteiger partial charge in [-0.15, -0.1) is 0 Å². The van der Waals surface area contributed by atoms with Crippen LogP contribution in [0.1, 0.15) is 11.1 Å². The molecule has 1 aliphatic rings. The highest BCUT2D eigenvalue weighted by molar-refractivity contribution is 6.11. The number of benzene rings is 2. The van der Waals surface area contributed by atoms with Crippen LogP contribution in [0.5, 0.6) is 0 Å². The second-order valence-electron chi connectivity index (χ2n) is 7.34.